The van der Waals surface area contributed by atoms with Crippen LogP contribution < -0.4 is 0 Å². The molecule has 1 rings (SSSR count). The first kappa shape index (κ1) is 15.1. The molecule has 0 fully saturated rings. The second-order valence-electron chi connectivity index (χ2n) is 3.57. The van der Waals surface area contributed by atoms with Crippen molar-refractivity contribution in [2.75, 3.05) is 6.61 Å². The van der Waals surface area contributed by atoms with Gasteiger partial charge >= 0.3 is 12.1 Å². The highest BCUT2D eigenvalue weighted by Gasteiger charge is 2.37. The molecule has 1 aromatic rings. The molecule has 19 heavy (non-hydrogen) atoms. The van der Waals surface area contributed by atoms with E-state index in [2.05, 4.69) is 4.74 Å². The Labute approximate surface area is 106 Å². The van der Waals surface area contributed by atoms with Gasteiger partial charge in [-0.2, -0.15) is 13.2 Å². The third kappa shape index (κ3) is 3.77. The van der Waals surface area contributed by atoms with Crippen LogP contribution in [0.2, 0.25) is 0 Å². The van der Waals surface area contributed by atoms with Gasteiger partial charge in [0, 0.05) is 0 Å². The number of Topliss-reactive ketones (excluding diaryl/α,β-unsaturated/α-hetero) is 1. The SMILES string of the molecule is CCOC(=O)CC(=O)c1c(F)cccc1C(F)(F)F. The third-order valence-corrected chi connectivity index (χ3v) is 2.21. The summed E-state index contributed by atoms with van der Waals surface area (Å²) in [5, 5.41) is 0. The second kappa shape index (κ2) is 5.81. The molecule has 0 saturated carbocycles. The van der Waals surface area contributed by atoms with Crippen molar-refractivity contribution in [3.05, 3.63) is 35.1 Å². The quantitative estimate of drug-likeness (QED) is 0.368. The molecule has 0 bridgehead atoms. The summed E-state index contributed by atoms with van der Waals surface area (Å²) in [7, 11) is 0. The number of ketones is 1. The van der Waals surface area contributed by atoms with E-state index in [1.807, 2.05) is 0 Å². The summed E-state index contributed by atoms with van der Waals surface area (Å²) in [4.78, 5) is 22.6. The summed E-state index contributed by atoms with van der Waals surface area (Å²) in [6, 6.07) is 2.16. The maximum atomic E-state index is 13.4. The molecule has 0 aliphatic rings. The fourth-order valence-electron chi connectivity index (χ4n) is 1.48. The van der Waals surface area contributed by atoms with Crippen LogP contribution >= 0.6 is 0 Å². The highest BCUT2D eigenvalue weighted by molar-refractivity contribution is 6.07. The third-order valence-electron chi connectivity index (χ3n) is 2.21. The molecule has 1 aromatic carbocycles. The zero-order valence-corrected chi connectivity index (χ0v) is 9.88. The van der Waals surface area contributed by atoms with Crippen molar-refractivity contribution in [1.29, 1.82) is 0 Å². The van der Waals surface area contributed by atoms with E-state index in [-0.39, 0.29) is 6.61 Å². The summed E-state index contributed by atoms with van der Waals surface area (Å²) in [6.07, 6.45) is -5.81. The molecule has 0 unspecified atom stereocenters. The predicted octanol–water partition coefficient (Wildman–Crippen LogP) is 2.98. The van der Waals surface area contributed by atoms with Gasteiger partial charge in [0.2, 0.25) is 0 Å². The minimum Gasteiger partial charge on any atom is -0.466 e. The van der Waals surface area contributed by atoms with Crippen LogP contribution in [0.1, 0.15) is 29.3 Å². The molecule has 0 spiro atoms. The lowest BCUT2D eigenvalue weighted by Gasteiger charge is -2.12. The van der Waals surface area contributed by atoms with Gasteiger partial charge in [-0.1, -0.05) is 6.07 Å². The van der Waals surface area contributed by atoms with Crippen molar-refractivity contribution < 1.29 is 31.9 Å². The van der Waals surface area contributed by atoms with Gasteiger partial charge < -0.3 is 4.74 Å². The molecule has 0 aromatic heterocycles. The van der Waals surface area contributed by atoms with Crippen molar-refractivity contribution in [2.24, 2.45) is 0 Å². The fraction of sp³-hybridized carbons (Fsp3) is 0.333. The number of alkyl halides is 3. The Morgan fingerprint density at radius 2 is 1.89 bits per heavy atom. The van der Waals surface area contributed by atoms with Crippen molar-refractivity contribution in [1.82, 2.24) is 0 Å². The van der Waals surface area contributed by atoms with Crippen LogP contribution in [0.25, 0.3) is 0 Å². The van der Waals surface area contributed by atoms with Gasteiger partial charge in [0.25, 0.3) is 0 Å². The van der Waals surface area contributed by atoms with Gasteiger partial charge in [-0.05, 0) is 19.1 Å². The number of esters is 1. The van der Waals surface area contributed by atoms with E-state index < -0.39 is 41.3 Å². The van der Waals surface area contributed by atoms with E-state index in [1.165, 1.54) is 6.92 Å². The Morgan fingerprint density at radius 1 is 1.26 bits per heavy atom. The highest BCUT2D eigenvalue weighted by atomic mass is 19.4. The first-order valence-electron chi connectivity index (χ1n) is 5.32. The van der Waals surface area contributed by atoms with Crippen LogP contribution in [-0.2, 0) is 15.7 Å². The number of benzene rings is 1. The monoisotopic (exact) mass is 278 g/mol. The largest absolute Gasteiger partial charge is 0.466 e. The number of halogens is 4. The van der Waals surface area contributed by atoms with Crippen LogP contribution in [0.4, 0.5) is 17.6 Å². The maximum Gasteiger partial charge on any atom is 0.417 e. The molecule has 104 valence electrons. The summed E-state index contributed by atoms with van der Waals surface area (Å²) < 4.78 is 55.7. The van der Waals surface area contributed by atoms with E-state index in [4.69, 9.17) is 0 Å². The van der Waals surface area contributed by atoms with E-state index in [0.29, 0.717) is 6.07 Å². The minimum absolute atomic E-state index is 0.0183. The molecule has 0 heterocycles. The van der Waals surface area contributed by atoms with E-state index in [0.717, 1.165) is 12.1 Å². The molecular formula is C12H10F4O3. The van der Waals surface area contributed by atoms with E-state index >= 15 is 0 Å². The second-order valence-corrected chi connectivity index (χ2v) is 3.57. The maximum absolute atomic E-state index is 13.4. The Balaban J connectivity index is 3.12. The van der Waals surface area contributed by atoms with Crippen LogP contribution in [-0.4, -0.2) is 18.4 Å². The molecule has 3 nitrogen and oxygen atoms in total. The number of carbonyl (C=O) groups excluding carboxylic acids is 2. The Kier molecular flexibility index (Phi) is 4.63. The summed E-state index contributed by atoms with van der Waals surface area (Å²) in [6.45, 7) is 1.46. The molecule has 0 atom stereocenters. The van der Waals surface area contributed by atoms with Gasteiger partial charge in [0.15, 0.2) is 5.78 Å². The van der Waals surface area contributed by atoms with Crippen LogP contribution in [0.5, 0.6) is 0 Å². The molecule has 7 heteroatoms. The first-order valence-corrected chi connectivity index (χ1v) is 5.32. The molecule has 0 aliphatic heterocycles. The number of carbonyl (C=O) groups is 2. The molecule has 0 saturated heterocycles. The van der Waals surface area contributed by atoms with Crippen LogP contribution in [0.15, 0.2) is 18.2 Å². The van der Waals surface area contributed by atoms with Crippen LogP contribution in [0, 0.1) is 5.82 Å². The lowest BCUT2D eigenvalue weighted by molar-refractivity contribution is -0.142. The average molecular weight is 278 g/mol. The fourth-order valence-corrected chi connectivity index (χ4v) is 1.48. The van der Waals surface area contributed by atoms with Crippen molar-refractivity contribution >= 4 is 11.8 Å². The van der Waals surface area contributed by atoms with Crippen molar-refractivity contribution in [3.8, 4) is 0 Å². The normalized spacial score (nSPS) is 11.2. The van der Waals surface area contributed by atoms with Gasteiger partial charge in [-0.3, -0.25) is 9.59 Å². The smallest absolute Gasteiger partial charge is 0.417 e. The number of rotatable bonds is 4. The Bertz CT molecular complexity index is 494. The average Bonchev–Trinajstić information content (AvgIpc) is 2.27. The zero-order chi connectivity index (χ0) is 14.6. The van der Waals surface area contributed by atoms with E-state index in [1.54, 1.807) is 0 Å². The lowest BCUT2D eigenvalue weighted by atomic mass is 10.0. The topological polar surface area (TPSA) is 43.4 Å². The standard InChI is InChI=1S/C12H10F4O3/c1-2-19-10(18)6-9(17)11-7(12(14,15)16)4-3-5-8(11)13/h3-5H,2,6H2,1H3. The van der Waals surface area contributed by atoms with Gasteiger partial charge in [-0.25, -0.2) is 4.39 Å². The number of ether oxygens (including phenoxy) is 1. The van der Waals surface area contributed by atoms with Crippen LogP contribution in [0.3, 0.4) is 0 Å². The Hall–Kier alpha value is -1.92. The zero-order valence-electron chi connectivity index (χ0n) is 9.88. The summed E-state index contributed by atoms with van der Waals surface area (Å²) in [5.74, 6) is -3.57. The highest BCUT2D eigenvalue weighted by Crippen LogP contribution is 2.33. The number of hydrogen-bond acceptors (Lipinski definition) is 3. The Morgan fingerprint density at radius 3 is 2.42 bits per heavy atom. The summed E-state index contributed by atoms with van der Waals surface area (Å²) >= 11 is 0. The van der Waals surface area contributed by atoms with Gasteiger partial charge in [-0.15, -0.1) is 0 Å². The van der Waals surface area contributed by atoms with E-state index in [9.17, 15) is 27.2 Å². The molecule has 0 aliphatic carbocycles. The lowest BCUT2D eigenvalue weighted by Crippen LogP contribution is -2.18. The number of hydrogen-bond donors (Lipinski definition) is 0. The first-order chi connectivity index (χ1) is 8.77. The van der Waals surface area contributed by atoms with Gasteiger partial charge in [0.05, 0.1) is 17.7 Å². The molecule has 0 radical (unpaired) electrons. The summed E-state index contributed by atoms with van der Waals surface area (Å²) in [5.41, 5.74) is -2.54. The molecule has 0 amide bonds. The van der Waals surface area contributed by atoms with Gasteiger partial charge in [0.1, 0.15) is 12.2 Å². The van der Waals surface area contributed by atoms with Crippen molar-refractivity contribution in [3.63, 3.8) is 0 Å². The predicted molar refractivity (Wildman–Crippen MR) is 57.0 cm³/mol. The molecular weight excluding hydrogens is 268 g/mol. The minimum atomic E-state index is -4.87. The van der Waals surface area contributed by atoms with Crippen molar-refractivity contribution in [2.45, 2.75) is 19.5 Å². The molecule has 0 N–H and O–H groups in total.